The largest absolute Gasteiger partial charge is 0.490 e. The number of pyridine rings is 1. The van der Waals surface area contributed by atoms with E-state index in [4.69, 9.17) is 14.7 Å². The second-order valence-corrected chi connectivity index (χ2v) is 4.56. The summed E-state index contributed by atoms with van der Waals surface area (Å²) in [4.78, 5) is 4.12. The van der Waals surface area contributed by atoms with E-state index >= 15 is 0 Å². The topological polar surface area (TPSA) is 98.7 Å². The van der Waals surface area contributed by atoms with Gasteiger partial charge in [0.15, 0.2) is 17.4 Å². The van der Waals surface area contributed by atoms with Crippen molar-refractivity contribution < 1.29 is 13.9 Å². The molecule has 3 rings (SSSR count). The van der Waals surface area contributed by atoms with Crippen molar-refractivity contribution in [1.82, 2.24) is 25.2 Å². The molecule has 0 bridgehead atoms. The fourth-order valence-corrected chi connectivity index (χ4v) is 1.88. The highest BCUT2D eigenvalue weighted by atomic mass is 19.1. The zero-order valence-corrected chi connectivity index (χ0v) is 12.3. The Balaban J connectivity index is 1.54. The van der Waals surface area contributed by atoms with Crippen molar-refractivity contribution in [3.05, 3.63) is 54.2 Å². The monoisotopic (exact) mass is 326 g/mol. The van der Waals surface area contributed by atoms with Crippen molar-refractivity contribution in [3.63, 3.8) is 0 Å². The van der Waals surface area contributed by atoms with Crippen molar-refractivity contribution in [1.29, 1.82) is 5.26 Å². The fourth-order valence-electron chi connectivity index (χ4n) is 1.88. The molecule has 3 aromatic rings. The van der Waals surface area contributed by atoms with E-state index in [0.717, 1.165) is 6.07 Å². The highest BCUT2D eigenvalue weighted by Crippen LogP contribution is 2.18. The Hall–Kier alpha value is -3.54. The quantitative estimate of drug-likeness (QED) is 0.633. The molecule has 0 aliphatic carbocycles. The Bertz CT molecular complexity index is 863. The molecule has 0 N–H and O–H groups in total. The minimum absolute atomic E-state index is 0.0710. The molecule has 0 aliphatic heterocycles. The van der Waals surface area contributed by atoms with Crippen molar-refractivity contribution in [3.8, 4) is 23.4 Å². The molecular formula is C15H11FN6O2. The lowest BCUT2D eigenvalue weighted by atomic mass is 10.2. The molecule has 8 nitrogen and oxygen atoms in total. The molecule has 2 heterocycles. The Morgan fingerprint density at radius 3 is 2.79 bits per heavy atom. The summed E-state index contributed by atoms with van der Waals surface area (Å²) in [5.41, 5.74) is 0.239. The Kier molecular flexibility index (Phi) is 4.57. The van der Waals surface area contributed by atoms with Crippen LogP contribution in [-0.2, 0) is 0 Å². The number of benzene rings is 1. The number of aromatic nitrogens is 5. The second-order valence-electron chi connectivity index (χ2n) is 4.56. The first-order chi connectivity index (χ1) is 11.8. The molecule has 0 atom stereocenters. The molecule has 0 saturated heterocycles. The number of nitriles is 1. The third-order valence-corrected chi connectivity index (χ3v) is 2.97. The van der Waals surface area contributed by atoms with E-state index in [9.17, 15) is 4.39 Å². The van der Waals surface area contributed by atoms with Gasteiger partial charge in [-0.1, -0.05) is 0 Å². The predicted octanol–water partition coefficient (Wildman–Crippen LogP) is 1.53. The lowest BCUT2D eigenvalue weighted by Crippen LogP contribution is -2.10. The van der Waals surface area contributed by atoms with Crippen LogP contribution in [0.25, 0.3) is 5.82 Å². The van der Waals surface area contributed by atoms with E-state index in [1.165, 1.54) is 23.1 Å². The Morgan fingerprint density at radius 2 is 2.04 bits per heavy atom. The van der Waals surface area contributed by atoms with Gasteiger partial charge in [0, 0.05) is 12.3 Å². The zero-order chi connectivity index (χ0) is 16.8. The molecule has 9 heteroatoms. The highest BCUT2D eigenvalue weighted by Gasteiger charge is 2.05. The van der Waals surface area contributed by atoms with Crippen LogP contribution in [0.2, 0.25) is 0 Å². The molecule has 1 aromatic carbocycles. The van der Waals surface area contributed by atoms with Crippen LogP contribution in [0.4, 0.5) is 4.39 Å². The number of halogens is 1. The second kappa shape index (κ2) is 7.15. The lowest BCUT2D eigenvalue weighted by Gasteiger charge is -2.09. The van der Waals surface area contributed by atoms with E-state index in [1.54, 1.807) is 18.3 Å². The van der Waals surface area contributed by atoms with E-state index in [1.807, 2.05) is 6.07 Å². The number of ether oxygens (including phenoxy) is 2. The molecular weight excluding hydrogens is 315 g/mol. The Labute approximate surface area is 136 Å². The van der Waals surface area contributed by atoms with Gasteiger partial charge in [-0.2, -0.15) is 9.94 Å². The molecule has 0 unspecified atom stereocenters. The van der Waals surface area contributed by atoms with E-state index < -0.39 is 5.82 Å². The summed E-state index contributed by atoms with van der Waals surface area (Å²) >= 11 is 0. The van der Waals surface area contributed by atoms with Crippen LogP contribution in [0, 0.1) is 17.1 Å². The van der Waals surface area contributed by atoms with Crippen LogP contribution in [0.3, 0.4) is 0 Å². The lowest BCUT2D eigenvalue weighted by molar-refractivity contribution is 0.211. The number of nitrogens with zero attached hydrogens (tertiary/aromatic N) is 6. The van der Waals surface area contributed by atoms with Gasteiger partial charge in [0.05, 0.1) is 11.6 Å². The van der Waals surface area contributed by atoms with Gasteiger partial charge in [-0.05, 0) is 34.7 Å². The third-order valence-electron chi connectivity index (χ3n) is 2.97. The third kappa shape index (κ3) is 3.61. The SMILES string of the molecule is N#Cc1ccc(OCCOc2ccnc(-n3cnnn3)c2)c(F)c1. The molecule has 0 fully saturated rings. The van der Waals surface area contributed by atoms with Gasteiger partial charge in [0.1, 0.15) is 25.3 Å². The van der Waals surface area contributed by atoms with Crippen LogP contribution in [0.15, 0.2) is 42.9 Å². The van der Waals surface area contributed by atoms with Crippen molar-refractivity contribution >= 4 is 0 Å². The number of rotatable bonds is 6. The molecule has 0 radical (unpaired) electrons. The highest BCUT2D eigenvalue weighted by molar-refractivity contribution is 5.36. The van der Waals surface area contributed by atoms with Gasteiger partial charge in [0.25, 0.3) is 0 Å². The summed E-state index contributed by atoms with van der Waals surface area (Å²) < 4.78 is 25.9. The average Bonchev–Trinajstić information content (AvgIpc) is 3.14. The minimum atomic E-state index is -0.584. The fraction of sp³-hybridized carbons (Fsp3) is 0.133. The first kappa shape index (κ1) is 15.4. The normalized spacial score (nSPS) is 10.2. The predicted molar refractivity (Wildman–Crippen MR) is 79.1 cm³/mol. The maximum atomic E-state index is 13.7. The summed E-state index contributed by atoms with van der Waals surface area (Å²) in [5.74, 6) is 0.552. The minimum Gasteiger partial charge on any atom is -0.490 e. The molecule has 0 saturated carbocycles. The summed E-state index contributed by atoms with van der Waals surface area (Å²) in [7, 11) is 0. The summed E-state index contributed by atoms with van der Waals surface area (Å²) in [5, 5.41) is 19.5. The summed E-state index contributed by atoms with van der Waals surface area (Å²) in [6, 6.07) is 9.22. The molecule has 24 heavy (non-hydrogen) atoms. The van der Waals surface area contributed by atoms with Crippen molar-refractivity contribution in [2.75, 3.05) is 13.2 Å². The average molecular weight is 326 g/mol. The van der Waals surface area contributed by atoms with Gasteiger partial charge >= 0.3 is 0 Å². The maximum Gasteiger partial charge on any atom is 0.166 e. The smallest absolute Gasteiger partial charge is 0.166 e. The zero-order valence-electron chi connectivity index (χ0n) is 12.3. The molecule has 0 aliphatic rings. The van der Waals surface area contributed by atoms with Gasteiger partial charge in [-0.15, -0.1) is 5.10 Å². The van der Waals surface area contributed by atoms with E-state index in [2.05, 4.69) is 20.5 Å². The van der Waals surface area contributed by atoms with Gasteiger partial charge < -0.3 is 9.47 Å². The van der Waals surface area contributed by atoms with E-state index in [-0.39, 0.29) is 24.5 Å². The van der Waals surface area contributed by atoms with Gasteiger partial charge in [-0.3, -0.25) is 0 Å². The van der Waals surface area contributed by atoms with Crippen LogP contribution in [0.5, 0.6) is 11.5 Å². The van der Waals surface area contributed by atoms with Crippen molar-refractivity contribution in [2.24, 2.45) is 0 Å². The first-order valence-electron chi connectivity index (χ1n) is 6.91. The van der Waals surface area contributed by atoms with Crippen LogP contribution >= 0.6 is 0 Å². The van der Waals surface area contributed by atoms with Crippen LogP contribution in [-0.4, -0.2) is 38.4 Å². The number of hydrogen-bond donors (Lipinski definition) is 0. The van der Waals surface area contributed by atoms with Crippen LogP contribution < -0.4 is 9.47 Å². The number of tetrazole rings is 1. The molecule has 0 amide bonds. The van der Waals surface area contributed by atoms with Crippen molar-refractivity contribution in [2.45, 2.75) is 0 Å². The summed E-state index contributed by atoms with van der Waals surface area (Å²) in [6.07, 6.45) is 2.98. The van der Waals surface area contributed by atoms with Gasteiger partial charge in [0.2, 0.25) is 0 Å². The van der Waals surface area contributed by atoms with E-state index in [0.29, 0.717) is 11.6 Å². The standard InChI is InChI=1S/C15H11FN6O2/c16-13-7-11(9-17)1-2-14(13)24-6-5-23-12-3-4-18-15(8-12)22-10-19-20-21-22/h1-4,7-8,10H,5-6H2. The maximum absolute atomic E-state index is 13.7. The number of hydrogen-bond acceptors (Lipinski definition) is 7. The summed E-state index contributed by atoms with van der Waals surface area (Å²) in [6.45, 7) is 0.351. The molecule has 2 aromatic heterocycles. The Morgan fingerprint density at radius 1 is 1.17 bits per heavy atom. The molecule has 0 spiro atoms. The van der Waals surface area contributed by atoms with Crippen LogP contribution in [0.1, 0.15) is 5.56 Å². The van der Waals surface area contributed by atoms with Gasteiger partial charge in [-0.25, -0.2) is 9.37 Å². The molecule has 120 valence electrons. The first-order valence-corrected chi connectivity index (χ1v) is 6.91.